The number of sulfonamides is 1. The molecule has 0 saturated heterocycles. The number of rotatable bonds is 8. The maximum atomic E-state index is 12.8. The Morgan fingerprint density at radius 3 is 2.27 bits per heavy atom. The maximum Gasteiger partial charge on any atom is 0.255 e. The fourth-order valence-corrected chi connectivity index (χ4v) is 4.61. The smallest absolute Gasteiger partial charge is 0.255 e. The number of carbonyl (C=O) groups is 1. The Bertz CT molecular complexity index is 1260. The van der Waals surface area contributed by atoms with E-state index >= 15 is 0 Å². The van der Waals surface area contributed by atoms with Crippen molar-refractivity contribution in [3.63, 3.8) is 0 Å². The quantitative estimate of drug-likeness (QED) is 0.451. The SMILES string of the molecule is CCS(=O)(=O)N(Cc1ccc(NC(=O)c2ccc(OC)c(Cl)c2)cc1)c1ccc(C)c(C)c1. The highest BCUT2D eigenvalue weighted by atomic mass is 35.5. The van der Waals surface area contributed by atoms with E-state index in [9.17, 15) is 13.2 Å². The van der Waals surface area contributed by atoms with E-state index in [1.807, 2.05) is 32.0 Å². The van der Waals surface area contributed by atoms with Crippen LogP contribution in [0.2, 0.25) is 5.02 Å². The van der Waals surface area contributed by atoms with Crippen LogP contribution >= 0.6 is 11.6 Å². The molecule has 0 aliphatic carbocycles. The molecule has 0 heterocycles. The van der Waals surface area contributed by atoms with Gasteiger partial charge in [-0.1, -0.05) is 29.8 Å². The van der Waals surface area contributed by atoms with Crippen LogP contribution in [-0.2, 0) is 16.6 Å². The second-order valence-electron chi connectivity index (χ2n) is 7.68. The first-order chi connectivity index (χ1) is 15.6. The lowest BCUT2D eigenvalue weighted by Gasteiger charge is -2.25. The van der Waals surface area contributed by atoms with Gasteiger partial charge in [-0.15, -0.1) is 0 Å². The number of amides is 1. The summed E-state index contributed by atoms with van der Waals surface area (Å²) in [6, 6.07) is 17.5. The van der Waals surface area contributed by atoms with Gasteiger partial charge >= 0.3 is 0 Å². The van der Waals surface area contributed by atoms with E-state index in [2.05, 4.69) is 5.32 Å². The molecule has 0 unspecified atom stereocenters. The van der Waals surface area contributed by atoms with Gasteiger partial charge < -0.3 is 10.1 Å². The summed E-state index contributed by atoms with van der Waals surface area (Å²) in [6.45, 7) is 5.78. The number of aryl methyl sites for hydroxylation is 2. The van der Waals surface area contributed by atoms with Crippen molar-refractivity contribution in [1.82, 2.24) is 0 Å². The number of nitrogens with one attached hydrogen (secondary N) is 1. The first kappa shape index (κ1) is 24.6. The maximum absolute atomic E-state index is 12.8. The zero-order chi connectivity index (χ0) is 24.2. The number of methoxy groups -OCH3 is 1. The largest absolute Gasteiger partial charge is 0.495 e. The number of hydrogen-bond donors (Lipinski definition) is 1. The molecular weight excluding hydrogens is 460 g/mol. The van der Waals surface area contributed by atoms with Crippen LogP contribution in [0.1, 0.15) is 34.0 Å². The predicted octanol–water partition coefficient (Wildman–Crippen LogP) is 5.57. The zero-order valence-electron chi connectivity index (χ0n) is 19.1. The highest BCUT2D eigenvalue weighted by molar-refractivity contribution is 7.92. The standard InChI is InChI=1S/C25H27ClN2O4S/c1-5-33(30,31)28(22-12-6-17(2)18(3)14-22)16-19-7-10-21(11-8-19)27-25(29)20-9-13-24(32-4)23(26)15-20/h6-15H,5,16H2,1-4H3,(H,27,29). The van der Waals surface area contributed by atoms with Crippen LogP contribution in [0.5, 0.6) is 5.75 Å². The van der Waals surface area contributed by atoms with Crippen molar-refractivity contribution in [2.75, 3.05) is 22.5 Å². The highest BCUT2D eigenvalue weighted by Crippen LogP contribution is 2.26. The lowest BCUT2D eigenvalue weighted by Crippen LogP contribution is -2.32. The van der Waals surface area contributed by atoms with Gasteiger partial charge in [-0.2, -0.15) is 0 Å². The molecule has 0 bridgehead atoms. The molecule has 0 aliphatic heterocycles. The first-order valence-electron chi connectivity index (χ1n) is 10.5. The Hall–Kier alpha value is -3.03. The molecule has 0 fully saturated rings. The summed E-state index contributed by atoms with van der Waals surface area (Å²) in [5, 5.41) is 3.17. The van der Waals surface area contributed by atoms with Crippen LogP contribution in [0.3, 0.4) is 0 Å². The topological polar surface area (TPSA) is 75.7 Å². The van der Waals surface area contributed by atoms with Gasteiger partial charge in [0.2, 0.25) is 10.0 Å². The van der Waals surface area contributed by atoms with Gasteiger partial charge in [0.15, 0.2) is 0 Å². The molecule has 6 nitrogen and oxygen atoms in total. The van der Waals surface area contributed by atoms with Crippen molar-refractivity contribution in [3.05, 3.63) is 87.9 Å². The zero-order valence-corrected chi connectivity index (χ0v) is 20.6. The summed E-state index contributed by atoms with van der Waals surface area (Å²) in [5.74, 6) is 0.184. The van der Waals surface area contributed by atoms with Gasteiger partial charge in [-0.05, 0) is 79.9 Å². The Morgan fingerprint density at radius 2 is 1.70 bits per heavy atom. The predicted molar refractivity (Wildman–Crippen MR) is 134 cm³/mol. The number of benzene rings is 3. The number of hydrogen-bond acceptors (Lipinski definition) is 4. The molecule has 3 aromatic rings. The molecule has 0 aromatic heterocycles. The van der Waals surface area contributed by atoms with Gasteiger partial charge in [-0.25, -0.2) is 8.42 Å². The number of anilines is 2. The van der Waals surface area contributed by atoms with Gasteiger partial charge in [0, 0.05) is 11.3 Å². The minimum absolute atomic E-state index is 0.00150. The van der Waals surface area contributed by atoms with Crippen molar-refractivity contribution < 1.29 is 17.9 Å². The Balaban J connectivity index is 1.78. The van der Waals surface area contributed by atoms with Gasteiger partial charge in [0.25, 0.3) is 5.91 Å². The van der Waals surface area contributed by atoms with Crippen LogP contribution < -0.4 is 14.4 Å². The van der Waals surface area contributed by atoms with Crippen LogP contribution in [0.4, 0.5) is 11.4 Å². The van der Waals surface area contributed by atoms with E-state index in [0.29, 0.717) is 27.7 Å². The summed E-state index contributed by atoms with van der Waals surface area (Å²) < 4.78 is 32.1. The van der Waals surface area contributed by atoms with Crippen molar-refractivity contribution in [1.29, 1.82) is 0 Å². The summed E-state index contributed by atoms with van der Waals surface area (Å²) in [5.41, 5.74) is 4.56. The molecule has 174 valence electrons. The molecule has 0 atom stereocenters. The Labute approximate surface area is 200 Å². The second kappa shape index (κ2) is 10.3. The summed E-state index contributed by atoms with van der Waals surface area (Å²) in [7, 11) is -1.97. The Kier molecular flexibility index (Phi) is 7.66. The van der Waals surface area contributed by atoms with Crippen LogP contribution in [-0.4, -0.2) is 27.2 Å². The van der Waals surface area contributed by atoms with Crippen molar-refractivity contribution in [3.8, 4) is 5.75 Å². The molecule has 1 amide bonds. The molecular formula is C25H27ClN2O4S. The minimum Gasteiger partial charge on any atom is -0.495 e. The summed E-state index contributed by atoms with van der Waals surface area (Å²) >= 11 is 6.10. The minimum atomic E-state index is -3.48. The third-order valence-corrected chi connectivity index (χ3v) is 7.47. The average molecular weight is 487 g/mol. The van der Waals surface area contributed by atoms with E-state index in [0.717, 1.165) is 16.7 Å². The van der Waals surface area contributed by atoms with E-state index in [4.69, 9.17) is 16.3 Å². The first-order valence-corrected chi connectivity index (χ1v) is 12.4. The molecule has 0 saturated carbocycles. The molecule has 33 heavy (non-hydrogen) atoms. The summed E-state index contributed by atoms with van der Waals surface area (Å²) in [6.07, 6.45) is 0. The number of ether oxygens (including phenoxy) is 1. The average Bonchev–Trinajstić information content (AvgIpc) is 2.80. The molecule has 3 rings (SSSR count). The molecule has 0 spiro atoms. The van der Waals surface area contributed by atoms with E-state index in [1.165, 1.54) is 11.4 Å². The van der Waals surface area contributed by atoms with E-state index in [-0.39, 0.29) is 18.2 Å². The molecule has 0 radical (unpaired) electrons. The van der Waals surface area contributed by atoms with Crippen LogP contribution in [0, 0.1) is 13.8 Å². The van der Waals surface area contributed by atoms with Crippen molar-refractivity contribution in [2.24, 2.45) is 0 Å². The Morgan fingerprint density at radius 1 is 1.00 bits per heavy atom. The second-order valence-corrected chi connectivity index (χ2v) is 10.3. The highest BCUT2D eigenvalue weighted by Gasteiger charge is 2.21. The number of carbonyl (C=O) groups excluding carboxylic acids is 1. The lowest BCUT2D eigenvalue weighted by atomic mass is 10.1. The lowest BCUT2D eigenvalue weighted by molar-refractivity contribution is 0.102. The molecule has 0 aliphatic rings. The van der Waals surface area contributed by atoms with Crippen LogP contribution in [0.15, 0.2) is 60.7 Å². The molecule has 1 N–H and O–H groups in total. The molecule has 8 heteroatoms. The van der Waals surface area contributed by atoms with Gasteiger partial charge in [0.1, 0.15) is 5.75 Å². The summed E-state index contributed by atoms with van der Waals surface area (Å²) in [4.78, 5) is 12.5. The van der Waals surface area contributed by atoms with Crippen molar-refractivity contribution in [2.45, 2.75) is 27.3 Å². The van der Waals surface area contributed by atoms with E-state index in [1.54, 1.807) is 49.4 Å². The number of halogens is 1. The fourth-order valence-electron chi connectivity index (χ4n) is 3.26. The molecule has 3 aromatic carbocycles. The number of nitrogens with zero attached hydrogens (tertiary/aromatic N) is 1. The third-order valence-electron chi connectivity index (χ3n) is 5.43. The fraction of sp³-hybridized carbons (Fsp3) is 0.240. The monoisotopic (exact) mass is 486 g/mol. The normalized spacial score (nSPS) is 11.2. The third kappa shape index (κ3) is 5.86. The van der Waals surface area contributed by atoms with Gasteiger partial charge in [-0.3, -0.25) is 9.10 Å². The van der Waals surface area contributed by atoms with Gasteiger partial charge in [0.05, 0.1) is 30.1 Å². The van der Waals surface area contributed by atoms with E-state index < -0.39 is 10.0 Å². The van der Waals surface area contributed by atoms with Crippen LogP contribution in [0.25, 0.3) is 0 Å². The van der Waals surface area contributed by atoms with Crippen molar-refractivity contribution >= 4 is 38.9 Å².